The second-order valence-corrected chi connectivity index (χ2v) is 4.13. The van der Waals surface area contributed by atoms with Crippen molar-refractivity contribution >= 4 is 10.1 Å². The van der Waals surface area contributed by atoms with E-state index in [2.05, 4.69) is 0 Å². The molecule has 5 heteroatoms. The predicted molar refractivity (Wildman–Crippen MR) is 45.7 cm³/mol. The first kappa shape index (κ1) is 12.8. The van der Waals surface area contributed by atoms with Gasteiger partial charge < -0.3 is 0 Å². The van der Waals surface area contributed by atoms with Gasteiger partial charge in [0.15, 0.2) is 0 Å². The summed E-state index contributed by atoms with van der Waals surface area (Å²) in [7, 11) is -4.05. The molecule has 13 heavy (non-hydrogen) atoms. The number of hydrogen-bond acceptors (Lipinski definition) is 2. The van der Waals surface area contributed by atoms with Gasteiger partial charge in [0.05, 0.1) is 4.90 Å². The van der Waals surface area contributed by atoms with Crippen LogP contribution >= 0.6 is 0 Å². The Bertz CT molecular complexity index is 398. The first-order valence-electron chi connectivity index (χ1n) is 3.46. The van der Waals surface area contributed by atoms with Crippen LogP contribution < -0.4 is 0 Å². The fourth-order valence-corrected chi connectivity index (χ4v) is 1.79. The van der Waals surface area contributed by atoms with Crippen molar-refractivity contribution in [3.8, 4) is 0 Å². The zero-order valence-corrected chi connectivity index (χ0v) is 11.4. The van der Waals surface area contributed by atoms with Crippen LogP contribution in [-0.2, 0) is 29.6 Å². The Morgan fingerprint density at radius 2 is 1.77 bits per heavy atom. The number of aryl methyl sites for hydroxylation is 2. The molecule has 1 aromatic rings. The van der Waals surface area contributed by atoms with Crippen molar-refractivity contribution in [3.05, 3.63) is 29.3 Å². The third kappa shape index (κ3) is 3.18. The van der Waals surface area contributed by atoms with Crippen molar-refractivity contribution < 1.29 is 32.4 Å². The molecule has 0 aliphatic carbocycles. The molecule has 0 saturated heterocycles. The summed E-state index contributed by atoms with van der Waals surface area (Å²) < 4.78 is 30.2. The van der Waals surface area contributed by atoms with Crippen LogP contribution in [0.3, 0.4) is 0 Å². The van der Waals surface area contributed by atoms with Gasteiger partial charge >= 0.3 is 0 Å². The number of benzene rings is 1. The molecule has 0 aromatic heterocycles. The Labute approximate surface area is 90.7 Å². The molecule has 1 aromatic carbocycles. The Morgan fingerprint density at radius 3 is 2.15 bits per heavy atom. The summed E-state index contributed by atoms with van der Waals surface area (Å²) in [4.78, 5) is -0.0203. The zero-order valence-electron chi connectivity index (χ0n) is 7.61. The predicted octanol–water partition coefficient (Wildman–Crippen LogP) is 1.55. The van der Waals surface area contributed by atoms with Crippen LogP contribution in [0.5, 0.6) is 0 Å². The summed E-state index contributed by atoms with van der Waals surface area (Å²) in [5, 5.41) is 0. The van der Waals surface area contributed by atoms with Crippen molar-refractivity contribution in [2.24, 2.45) is 0 Å². The van der Waals surface area contributed by atoms with E-state index in [4.69, 9.17) is 4.55 Å². The molecular weight excluding hydrogens is 242 g/mol. The van der Waals surface area contributed by atoms with Gasteiger partial charge in [-0.15, -0.1) is 0 Å². The van der Waals surface area contributed by atoms with Crippen molar-refractivity contribution in [2.75, 3.05) is 0 Å². The molecule has 0 radical (unpaired) electrons. The fraction of sp³-hybridized carbons (Fsp3) is 0.250. The minimum absolute atomic E-state index is 0. The summed E-state index contributed by atoms with van der Waals surface area (Å²) in [5.74, 6) is 0. The monoisotopic (exact) mass is 250 g/mol. The molecule has 0 fully saturated rings. The van der Waals surface area contributed by atoms with Gasteiger partial charge in [0.2, 0.25) is 0 Å². The van der Waals surface area contributed by atoms with Crippen LogP contribution in [0.4, 0.5) is 0 Å². The third-order valence-electron chi connectivity index (χ3n) is 1.61. The molecule has 0 atom stereocenters. The first-order chi connectivity index (χ1) is 5.41. The molecule has 1 rings (SSSR count). The van der Waals surface area contributed by atoms with Crippen molar-refractivity contribution in [3.63, 3.8) is 0 Å². The Morgan fingerprint density at radius 1 is 1.23 bits per heavy atom. The van der Waals surface area contributed by atoms with Crippen molar-refractivity contribution in [1.82, 2.24) is 0 Å². The molecule has 0 spiro atoms. The van der Waals surface area contributed by atoms with E-state index in [-0.39, 0.29) is 24.4 Å². The summed E-state index contributed by atoms with van der Waals surface area (Å²) in [6.45, 7) is 3.51. The number of rotatable bonds is 1. The summed E-state index contributed by atoms with van der Waals surface area (Å²) >= 11 is 0. The minimum Gasteiger partial charge on any atom is -0.282 e. The number of hydrogen-bond donors (Lipinski definition) is 1. The van der Waals surface area contributed by atoms with E-state index in [1.165, 1.54) is 6.07 Å². The fourth-order valence-electron chi connectivity index (χ4n) is 1.09. The SMILES string of the molecule is Cc1ccc(S(=O)(=O)O)c(C)c1.[Zn]. The van der Waals surface area contributed by atoms with E-state index in [1.54, 1.807) is 19.1 Å². The van der Waals surface area contributed by atoms with E-state index in [0.29, 0.717) is 5.56 Å². The van der Waals surface area contributed by atoms with Gasteiger partial charge in [-0.25, -0.2) is 0 Å². The molecule has 0 unspecified atom stereocenters. The van der Waals surface area contributed by atoms with E-state index in [1.807, 2.05) is 6.92 Å². The average molecular weight is 252 g/mol. The molecule has 1 N–H and O–H groups in total. The average Bonchev–Trinajstić information content (AvgIpc) is 1.83. The minimum atomic E-state index is -4.05. The van der Waals surface area contributed by atoms with Crippen LogP contribution in [0.15, 0.2) is 23.1 Å². The molecule has 0 aliphatic rings. The summed E-state index contributed by atoms with van der Waals surface area (Å²) in [6.07, 6.45) is 0. The van der Waals surface area contributed by atoms with E-state index in [9.17, 15) is 8.42 Å². The van der Waals surface area contributed by atoms with Gasteiger partial charge in [0.25, 0.3) is 10.1 Å². The topological polar surface area (TPSA) is 54.4 Å². The summed E-state index contributed by atoms with van der Waals surface area (Å²) in [6, 6.07) is 4.76. The largest absolute Gasteiger partial charge is 0.294 e. The molecule has 0 heterocycles. The van der Waals surface area contributed by atoms with Crippen molar-refractivity contribution in [2.45, 2.75) is 18.7 Å². The second-order valence-electron chi connectivity index (χ2n) is 2.74. The van der Waals surface area contributed by atoms with Gasteiger partial charge in [0.1, 0.15) is 0 Å². The van der Waals surface area contributed by atoms with Gasteiger partial charge in [-0.2, -0.15) is 8.42 Å². The van der Waals surface area contributed by atoms with Gasteiger partial charge in [-0.05, 0) is 25.5 Å². The smallest absolute Gasteiger partial charge is 0.282 e. The van der Waals surface area contributed by atoms with E-state index in [0.717, 1.165) is 5.56 Å². The van der Waals surface area contributed by atoms with Crippen LogP contribution in [0, 0.1) is 13.8 Å². The standard InChI is InChI=1S/C8H10O3S.Zn/c1-6-3-4-8(7(2)5-6)12(9,10)11;/h3-5H,1-2H3,(H,9,10,11);. The Kier molecular flexibility index (Phi) is 4.23. The summed E-state index contributed by atoms with van der Waals surface area (Å²) in [5.41, 5.74) is 1.54. The normalized spacial score (nSPS) is 10.7. The molecule has 0 aliphatic heterocycles. The quantitative estimate of drug-likeness (QED) is 0.609. The molecule has 0 bridgehead atoms. The Hall–Kier alpha value is -0.247. The van der Waals surface area contributed by atoms with E-state index < -0.39 is 10.1 Å². The third-order valence-corrected chi connectivity index (χ3v) is 2.62. The van der Waals surface area contributed by atoms with Gasteiger partial charge in [-0.3, -0.25) is 4.55 Å². The first-order valence-corrected chi connectivity index (χ1v) is 4.90. The van der Waals surface area contributed by atoms with Crippen LogP contribution in [0.2, 0.25) is 0 Å². The van der Waals surface area contributed by atoms with Crippen LogP contribution in [-0.4, -0.2) is 13.0 Å². The van der Waals surface area contributed by atoms with E-state index >= 15 is 0 Å². The van der Waals surface area contributed by atoms with Gasteiger partial charge in [0, 0.05) is 19.5 Å². The second kappa shape index (κ2) is 4.31. The zero-order chi connectivity index (χ0) is 9.35. The van der Waals surface area contributed by atoms with Gasteiger partial charge in [-0.1, -0.05) is 17.7 Å². The molecule has 0 saturated carbocycles. The molecule has 0 amide bonds. The Balaban J connectivity index is 0.00000144. The van der Waals surface area contributed by atoms with Crippen LogP contribution in [0.25, 0.3) is 0 Å². The maximum absolute atomic E-state index is 10.7. The molecule has 3 nitrogen and oxygen atoms in total. The van der Waals surface area contributed by atoms with Crippen LogP contribution in [0.1, 0.15) is 11.1 Å². The maximum atomic E-state index is 10.7. The maximum Gasteiger partial charge on any atom is 0.294 e. The molecule has 68 valence electrons. The molecular formula is C8H10O3SZn. The van der Waals surface area contributed by atoms with Crippen molar-refractivity contribution in [1.29, 1.82) is 0 Å².